The molecule has 1 fully saturated rings. The molecule has 3 rings (SSSR count). The summed E-state index contributed by atoms with van der Waals surface area (Å²) in [6.07, 6.45) is 2.24. The molecule has 0 spiro atoms. The van der Waals surface area contributed by atoms with Crippen LogP contribution in [0.5, 0.6) is 11.9 Å². The van der Waals surface area contributed by atoms with E-state index < -0.39 is 17.2 Å². The van der Waals surface area contributed by atoms with Gasteiger partial charge in [-0.25, -0.2) is 13.8 Å². The highest BCUT2D eigenvalue weighted by atomic mass is 19.1. The van der Waals surface area contributed by atoms with Crippen molar-refractivity contribution in [2.75, 3.05) is 27.3 Å². The Morgan fingerprint density at radius 2 is 1.81 bits per heavy atom. The molecule has 0 saturated carbocycles. The maximum absolute atomic E-state index is 13.8. The van der Waals surface area contributed by atoms with Crippen molar-refractivity contribution in [2.45, 2.75) is 25.0 Å². The lowest BCUT2D eigenvalue weighted by molar-refractivity contribution is -0.0303. The number of benzene rings is 1. The van der Waals surface area contributed by atoms with E-state index >= 15 is 0 Å². The van der Waals surface area contributed by atoms with E-state index in [2.05, 4.69) is 9.97 Å². The fourth-order valence-electron chi connectivity index (χ4n) is 3.18. The molecule has 0 aliphatic carbocycles. The maximum Gasteiger partial charge on any atom is 0.319 e. The molecule has 8 heteroatoms. The second-order valence-electron chi connectivity index (χ2n) is 6.29. The van der Waals surface area contributed by atoms with Gasteiger partial charge in [-0.1, -0.05) is 6.07 Å². The number of methoxy groups -OCH3 is 2. The van der Waals surface area contributed by atoms with Gasteiger partial charge in [-0.05, 0) is 25.0 Å². The highest BCUT2D eigenvalue weighted by Crippen LogP contribution is 2.37. The van der Waals surface area contributed by atoms with Gasteiger partial charge in [-0.3, -0.25) is 4.90 Å². The average Bonchev–Trinajstić information content (AvgIpc) is 2.66. The van der Waals surface area contributed by atoms with Crippen LogP contribution in [0.3, 0.4) is 0 Å². The van der Waals surface area contributed by atoms with Crippen LogP contribution in [0, 0.1) is 11.6 Å². The number of likely N-dealkylation sites (tertiary alicyclic amines) is 1. The molecule has 1 aromatic carbocycles. The number of ether oxygens (including phenoxy) is 2. The number of rotatable bonds is 5. The monoisotopic (exact) mass is 365 g/mol. The van der Waals surface area contributed by atoms with E-state index in [0.717, 1.165) is 0 Å². The lowest BCUT2D eigenvalue weighted by Crippen LogP contribution is -2.42. The quantitative estimate of drug-likeness (QED) is 0.877. The van der Waals surface area contributed by atoms with Crippen molar-refractivity contribution in [2.24, 2.45) is 0 Å². The van der Waals surface area contributed by atoms with Crippen LogP contribution in [0.1, 0.15) is 24.0 Å². The molecule has 0 radical (unpaired) electrons. The van der Waals surface area contributed by atoms with Crippen LogP contribution in [0.2, 0.25) is 0 Å². The van der Waals surface area contributed by atoms with Gasteiger partial charge in [-0.2, -0.15) is 4.98 Å². The summed E-state index contributed by atoms with van der Waals surface area (Å²) < 4.78 is 37.9. The van der Waals surface area contributed by atoms with Crippen LogP contribution in [0.4, 0.5) is 8.78 Å². The summed E-state index contributed by atoms with van der Waals surface area (Å²) >= 11 is 0. The smallest absolute Gasteiger partial charge is 0.319 e. The van der Waals surface area contributed by atoms with Crippen LogP contribution < -0.4 is 9.47 Å². The van der Waals surface area contributed by atoms with Crippen LogP contribution in [0.25, 0.3) is 0 Å². The average molecular weight is 365 g/mol. The molecule has 1 aliphatic heterocycles. The Balaban J connectivity index is 1.73. The van der Waals surface area contributed by atoms with E-state index in [1.54, 1.807) is 0 Å². The van der Waals surface area contributed by atoms with E-state index in [4.69, 9.17) is 9.47 Å². The van der Waals surface area contributed by atoms with Gasteiger partial charge < -0.3 is 14.6 Å². The van der Waals surface area contributed by atoms with Gasteiger partial charge in [0.05, 0.1) is 25.4 Å². The van der Waals surface area contributed by atoms with Gasteiger partial charge in [0.1, 0.15) is 11.6 Å². The predicted octanol–water partition coefficient (Wildman–Crippen LogP) is 2.26. The van der Waals surface area contributed by atoms with Gasteiger partial charge in [0.2, 0.25) is 5.88 Å². The molecule has 2 heterocycles. The number of aliphatic hydroxyl groups is 1. The largest absolute Gasteiger partial charge is 0.481 e. The lowest BCUT2D eigenvalue weighted by Gasteiger charge is -2.38. The number of halogens is 2. The molecule has 1 saturated heterocycles. The Labute approximate surface area is 150 Å². The van der Waals surface area contributed by atoms with Crippen molar-refractivity contribution in [3.05, 3.63) is 47.2 Å². The summed E-state index contributed by atoms with van der Waals surface area (Å²) in [6.45, 7) is 1.10. The lowest BCUT2D eigenvalue weighted by atomic mass is 9.85. The fraction of sp³-hybridized carbons (Fsp3) is 0.444. The first kappa shape index (κ1) is 18.5. The first-order valence-corrected chi connectivity index (χ1v) is 8.30. The van der Waals surface area contributed by atoms with Gasteiger partial charge >= 0.3 is 6.01 Å². The van der Waals surface area contributed by atoms with Gasteiger partial charge in [-0.15, -0.1) is 0 Å². The van der Waals surface area contributed by atoms with Crippen molar-refractivity contribution in [3.63, 3.8) is 0 Å². The number of piperidine rings is 1. The summed E-state index contributed by atoms with van der Waals surface area (Å²) in [4.78, 5) is 10.1. The summed E-state index contributed by atoms with van der Waals surface area (Å²) in [5.74, 6) is -0.861. The Morgan fingerprint density at radius 3 is 2.38 bits per heavy atom. The van der Waals surface area contributed by atoms with Crippen molar-refractivity contribution in [3.8, 4) is 11.9 Å². The van der Waals surface area contributed by atoms with Crippen LogP contribution in [0.15, 0.2) is 24.4 Å². The molecule has 0 atom stereocenters. The third-order valence-electron chi connectivity index (χ3n) is 4.74. The number of aromatic nitrogens is 2. The minimum atomic E-state index is -1.16. The molecule has 1 N–H and O–H groups in total. The second-order valence-corrected chi connectivity index (χ2v) is 6.29. The first-order valence-electron chi connectivity index (χ1n) is 8.30. The number of hydrogen-bond donors (Lipinski definition) is 1. The first-order chi connectivity index (χ1) is 12.5. The Bertz CT molecular complexity index is 760. The van der Waals surface area contributed by atoms with E-state index in [0.29, 0.717) is 31.5 Å². The minimum Gasteiger partial charge on any atom is -0.481 e. The van der Waals surface area contributed by atoms with Crippen molar-refractivity contribution < 1.29 is 23.4 Å². The normalized spacial score (nSPS) is 17.1. The van der Waals surface area contributed by atoms with Crippen LogP contribution in [-0.2, 0) is 12.1 Å². The van der Waals surface area contributed by atoms with Crippen LogP contribution in [-0.4, -0.2) is 47.3 Å². The van der Waals surface area contributed by atoms with E-state index in [9.17, 15) is 13.9 Å². The minimum absolute atomic E-state index is 0.0447. The standard InChI is InChI=1S/C18H21F2N3O3/c1-25-16-13(10-21-17(22-16)26-2)18(24)6-8-23(9-7-18)11-12-14(19)4-3-5-15(12)20/h3-5,10,24H,6-9,11H2,1-2H3. The molecule has 0 bridgehead atoms. The van der Waals surface area contributed by atoms with E-state index in [-0.39, 0.29) is 24.0 Å². The second kappa shape index (κ2) is 7.51. The fourth-order valence-corrected chi connectivity index (χ4v) is 3.18. The molecule has 26 heavy (non-hydrogen) atoms. The SMILES string of the molecule is COc1ncc(C2(O)CCN(Cc3c(F)cccc3F)CC2)c(OC)n1. The maximum atomic E-state index is 13.8. The summed E-state index contributed by atoms with van der Waals surface area (Å²) in [6, 6.07) is 4.00. The zero-order valence-corrected chi connectivity index (χ0v) is 14.7. The molecule has 1 aromatic heterocycles. The highest BCUT2D eigenvalue weighted by Gasteiger charge is 2.37. The van der Waals surface area contributed by atoms with Gasteiger partial charge in [0.15, 0.2) is 0 Å². The zero-order chi connectivity index (χ0) is 18.7. The molecule has 1 aliphatic rings. The Hall–Kier alpha value is -2.32. The summed E-state index contributed by atoms with van der Waals surface area (Å²) in [7, 11) is 2.91. The van der Waals surface area contributed by atoms with E-state index in [1.165, 1.54) is 38.6 Å². The molecule has 0 unspecified atom stereocenters. The molecular weight excluding hydrogens is 344 g/mol. The summed E-state index contributed by atoms with van der Waals surface area (Å²) in [5, 5.41) is 11.0. The number of hydrogen-bond acceptors (Lipinski definition) is 6. The van der Waals surface area contributed by atoms with Gasteiger partial charge in [0.25, 0.3) is 0 Å². The molecule has 0 amide bonds. The van der Waals surface area contributed by atoms with Gasteiger partial charge in [0, 0.05) is 31.4 Å². The number of nitrogens with zero attached hydrogens (tertiary/aromatic N) is 3. The molecule has 140 valence electrons. The third kappa shape index (κ3) is 3.61. The van der Waals surface area contributed by atoms with Crippen molar-refractivity contribution in [1.29, 1.82) is 0 Å². The topological polar surface area (TPSA) is 67.7 Å². The Kier molecular flexibility index (Phi) is 5.33. The Morgan fingerprint density at radius 1 is 1.15 bits per heavy atom. The third-order valence-corrected chi connectivity index (χ3v) is 4.74. The van der Waals surface area contributed by atoms with Crippen molar-refractivity contribution in [1.82, 2.24) is 14.9 Å². The van der Waals surface area contributed by atoms with Crippen LogP contribution >= 0.6 is 0 Å². The molecule has 6 nitrogen and oxygen atoms in total. The molecular formula is C18H21F2N3O3. The summed E-state index contributed by atoms with van der Waals surface area (Å²) in [5.41, 5.74) is -0.636. The highest BCUT2D eigenvalue weighted by molar-refractivity contribution is 5.32. The predicted molar refractivity (Wildman–Crippen MR) is 89.9 cm³/mol. The van der Waals surface area contributed by atoms with E-state index in [1.807, 2.05) is 4.90 Å². The molecule has 2 aromatic rings. The zero-order valence-electron chi connectivity index (χ0n) is 14.7. The van der Waals surface area contributed by atoms with Crippen molar-refractivity contribution >= 4 is 0 Å².